The number of aromatic nitrogens is 1. The van der Waals surface area contributed by atoms with Gasteiger partial charge in [-0.1, -0.05) is 31.0 Å². The first kappa shape index (κ1) is 19.2. The van der Waals surface area contributed by atoms with Gasteiger partial charge in [0.15, 0.2) is 0 Å². The maximum Gasteiger partial charge on any atom is 0.339 e. The summed E-state index contributed by atoms with van der Waals surface area (Å²) >= 11 is 0. The van der Waals surface area contributed by atoms with Crippen molar-refractivity contribution < 1.29 is 18.3 Å². The number of pyridine rings is 1. The number of aromatic carboxylic acids is 1. The van der Waals surface area contributed by atoms with Gasteiger partial charge in [-0.2, -0.15) is 0 Å². The van der Waals surface area contributed by atoms with E-state index in [2.05, 4.69) is 9.71 Å². The third-order valence-corrected chi connectivity index (χ3v) is 6.18. The van der Waals surface area contributed by atoms with E-state index in [1.165, 1.54) is 18.3 Å². The molecule has 1 aromatic heterocycles. The van der Waals surface area contributed by atoms with Crippen molar-refractivity contribution in [2.75, 3.05) is 22.7 Å². The summed E-state index contributed by atoms with van der Waals surface area (Å²) in [5, 5.41) is 9.61. The van der Waals surface area contributed by atoms with Gasteiger partial charge >= 0.3 is 5.97 Å². The number of nitrogens with zero attached hydrogens (tertiary/aromatic N) is 2. The Bertz CT molecular complexity index is 936. The zero-order valence-corrected chi connectivity index (χ0v) is 16.0. The average Bonchev–Trinajstić information content (AvgIpc) is 2.91. The van der Waals surface area contributed by atoms with Crippen molar-refractivity contribution in [1.29, 1.82) is 0 Å². The molecule has 1 aliphatic rings. The lowest BCUT2D eigenvalue weighted by atomic mass is 10.2. The first-order chi connectivity index (χ1) is 12.9. The highest BCUT2D eigenvalue weighted by atomic mass is 32.2. The van der Waals surface area contributed by atoms with E-state index in [0.29, 0.717) is 11.4 Å². The molecule has 3 rings (SSSR count). The Morgan fingerprint density at radius 2 is 1.81 bits per heavy atom. The zero-order valence-electron chi connectivity index (χ0n) is 15.2. The highest BCUT2D eigenvalue weighted by molar-refractivity contribution is 7.92. The van der Waals surface area contributed by atoms with Crippen molar-refractivity contribution in [2.24, 2.45) is 0 Å². The van der Waals surface area contributed by atoms with Crippen molar-refractivity contribution >= 4 is 27.5 Å². The van der Waals surface area contributed by atoms with Crippen LogP contribution in [0.2, 0.25) is 0 Å². The highest BCUT2D eigenvalue weighted by Crippen LogP contribution is 2.26. The molecule has 0 spiro atoms. The largest absolute Gasteiger partial charge is 0.478 e. The number of benzene rings is 1. The number of aryl methyl sites for hydroxylation is 1. The summed E-state index contributed by atoms with van der Waals surface area (Å²) in [6.07, 6.45) is 5.59. The van der Waals surface area contributed by atoms with Gasteiger partial charge in [0.2, 0.25) is 0 Å². The zero-order chi connectivity index (χ0) is 19.4. The van der Waals surface area contributed by atoms with Crippen LogP contribution in [-0.4, -0.2) is 37.6 Å². The van der Waals surface area contributed by atoms with E-state index < -0.39 is 16.0 Å². The van der Waals surface area contributed by atoms with Crippen LogP contribution in [0.25, 0.3) is 0 Å². The lowest BCUT2D eigenvalue weighted by Crippen LogP contribution is -2.27. The summed E-state index contributed by atoms with van der Waals surface area (Å²) in [6.45, 7) is 3.21. The van der Waals surface area contributed by atoms with Gasteiger partial charge in [0.05, 0.1) is 16.8 Å². The molecule has 27 heavy (non-hydrogen) atoms. The van der Waals surface area contributed by atoms with Gasteiger partial charge in [-0.3, -0.25) is 4.72 Å². The first-order valence-corrected chi connectivity index (χ1v) is 10.4. The van der Waals surface area contributed by atoms with E-state index in [1.807, 2.05) is 4.90 Å². The molecule has 7 nitrogen and oxygen atoms in total. The average molecular weight is 389 g/mol. The Hall–Kier alpha value is -2.61. The predicted molar refractivity (Wildman–Crippen MR) is 104 cm³/mol. The van der Waals surface area contributed by atoms with Crippen molar-refractivity contribution in [2.45, 2.75) is 37.5 Å². The van der Waals surface area contributed by atoms with Crippen LogP contribution in [0.15, 0.2) is 41.4 Å². The number of hydrogen-bond acceptors (Lipinski definition) is 5. The molecule has 0 saturated carbocycles. The van der Waals surface area contributed by atoms with Crippen LogP contribution < -0.4 is 9.62 Å². The molecule has 1 aromatic carbocycles. The third kappa shape index (κ3) is 4.39. The molecule has 2 aromatic rings. The number of nitrogens with one attached hydrogen (secondary N) is 1. The van der Waals surface area contributed by atoms with Crippen molar-refractivity contribution in [3.63, 3.8) is 0 Å². The maximum atomic E-state index is 12.6. The number of carboxylic acids is 1. The van der Waals surface area contributed by atoms with Gasteiger partial charge < -0.3 is 10.0 Å². The Morgan fingerprint density at radius 3 is 2.44 bits per heavy atom. The van der Waals surface area contributed by atoms with E-state index >= 15 is 0 Å². The van der Waals surface area contributed by atoms with Crippen LogP contribution in [-0.2, 0) is 10.0 Å². The molecule has 144 valence electrons. The second kappa shape index (κ2) is 7.96. The van der Waals surface area contributed by atoms with Gasteiger partial charge in [-0.15, -0.1) is 0 Å². The van der Waals surface area contributed by atoms with E-state index in [0.717, 1.165) is 38.8 Å². The standard InChI is InChI=1S/C19H23N3O4S/c1-14-8-4-5-9-17(14)27(25,26)21-15-12-16(19(23)24)18(20-13-15)22-10-6-2-3-7-11-22/h4-5,8-9,12-13,21H,2-3,6-7,10-11H2,1H3,(H,23,24). The number of sulfonamides is 1. The van der Waals surface area contributed by atoms with Crippen molar-refractivity contribution in [3.05, 3.63) is 47.7 Å². The number of carboxylic acid groups (broad SMARTS) is 1. The minimum atomic E-state index is -3.83. The molecule has 0 unspecified atom stereocenters. The maximum absolute atomic E-state index is 12.6. The fourth-order valence-electron chi connectivity index (χ4n) is 3.27. The summed E-state index contributed by atoms with van der Waals surface area (Å²) in [7, 11) is -3.83. The van der Waals surface area contributed by atoms with Crippen LogP contribution >= 0.6 is 0 Å². The van der Waals surface area contributed by atoms with Gasteiger partial charge in [0.25, 0.3) is 10.0 Å². The molecule has 1 aliphatic heterocycles. The van der Waals surface area contributed by atoms with Gasteiger partial charge in [-0.25, -0.2) is 18.2 Å². The summed E-state index contributed by atoms with van der Waals surface area (Å²) in [5.41, 5.74) is 0.744. The smallest absolute Gasteiger partial charge is 0.339 e. The second-order valence-electron chi connectivity index (χ2n) is 6.67. The van der Waals surface area contributed by atoms with Crippen molar-refractivity contribution in [3.8, 4) is 0 Å². The Balaban J connectivity index is 1.92. The molecule has 1 saturated heterocycles. The summed E-state index contributed by atoms with van der Waals surface area (Å²) < 4.78 is 27.7. The van der Waals surface area contributed by atoms with Gasteiger partial charge in [-0.05, 0) is 37.5 Å². The molecule has 1 fully saturated rings. The summed E-state index contributed by atoms with van der Waals surface area (Å²) in [5.74, 6) is -0.734. The molecule has 0 atom stereocenters. The van der Waals surface area contributed by atoms with Gasteiger partial charge in [0.1, 0.15) is 11.4 Å². The Kier molecular flexibility index (Phi) is 5.65. The van der Waals surface area contributed by atoms with Crippen LogP contribution in [0.3, 0.4) is 0 Å². The fourth-order valence-corrected chi connectivity index (χ4v) is 4.55. The normalized spacial score (nSPS) is 15.2. The topological polar surface area (TPSA) is 99.6 Å². The second-order valence-corrected chi connectivity index (χ2v) is 8.32. The fraction of sp³-hybridized carbons (Fsp3) is 0.368. The van der Waals surface area contributed by atoms with E-state index in [-0.39, 0.29) is 16.1 Å². The number of carbonyl (C=O) groups is 1. The third-order valence-electron chi connectivity index (χ3n) is 4.64. The number of rotatable bonds is 5. The van der Waals surface area contributed by atoms with E-state index in [1.54, 1.807) is 25.1 Å². The van der Waals surface area contributed by atoms with Crippen LogP contribution in [0.4, 0.5) is 11.5 Å². The van der Waals surface area contributed by atoms with Crippen LogP contribution in [0.1, 0.15) is 41.6 Å². The minimum absolute atomic E-state index is 0.00174. The molecule has 0 amide bonds. The first-order valence-electron chi connectivity index (χ1n) is 8.95. The monoisotopic (exact) mass is 389 g/mol. The van der Waals surface area contributed by atoms with Crippen LogP contribution in [0.5, 0.6) is 0 Å². The lowest BCUT2D eigenvalue weighted by Gasteiger charge is -2.23. The predicted octanol–water partition coefficient (Wildman–Crippen LogP) is 3.27. The summed E-state index contributed by atoms with van der Waals surface area (Å²) in [6, 6.07) is 7.96. The highest BCUT2D eigenvalue weighted by Gasteiger charge is 2.22. The van der Waals surface area contributed by atoms with E-state index in [4.69, 9.17) is 0 Å². The number of hydrogen-bond donors (Lipinski definition) is 2. The Labute approximate surface area is 159 Å². The summed E-state index contributed by atoms with van der Waals surface area (Å²) in [4.78, 5) is 18.2. The molecule has 0 aliphatic carbocycles. The molecule has 2 heterocycles. The minimum Gasteiger partial charge on any atom is -0.478 e. The molecular weight excluding hydrogens is 366 g/mol. The van der Waals surface area contributed by atoms with E-state index in [9.17, 15) is 18.3 Å². The number of anilines is 2. The van der Waals surface area contributed by atoms with Gasteiger partial charge in [0, 0.05) is 13.1 Å². The molecule has 0 bridgehead atoms. The quantitative estimate of drug-likeness (QED) is 0.814. The SMILES string of the molecule is Cc1ccccc1S(=O)(=O)Nc1cnc(N2CCCCCC2)c(C(=O)O)c1. The molecule has 0 radical (unpaired) electrons. The van der Waals surface area contributed by atoms with Crippen molar-refractivity contribution in [1.82, 2.24) is 4.98 Å². The van der Waals surface area contributed by atoms with Crippen LogP contribution in [0, 0.1) is 6.92 Å². The lowest BCUT2D eigenvalue weighted by molar-refractivity contribution is 0.0697. The molecular formula is C19H23N3O4S. The molecule has 8 heteroatoms. The molecule has 2 N–H and O–H groups in total. The Morgan fingerprint density at radius 1 is 1.15 bits per heavy atom.